The summed E-state index contributed by atoms with van der Waals surface area (Å²) in [6.07, 6.45) is 1.78. The van der Waals surface area contributed by atoms with E-state index < -0.39 is 0 Å². The van der Waals surface area contributed by atoms with E-state index in [1.165, 1.54) is 9.36 Å². The fraction of sp³-hybridized carbons (Fsp3) is 0.158. The van der Waals surface area contributed by atoms with Crippen LogP contribution in [0.25, 0.3) is 16.3 Å². The molecule has 0 atom stereocenters. The normalized spacial score (nSPS) is 10.9. The fourth-order valence-electron chi connectivity index (χ4n) is 2.78. The molecule has 4 rings (SSSR count). The Hall–Kier alpha value is -3.26. The summed E-state index contributed by atoms with van der Waals surface area (Å²) in [6, 6.07) is 13.5. The lowest BCUT2D eigenvalue weighted by Crippen LogP contribution is -2.23. The lowest BCUT2D eigenvalue weighted by atomic mass is 10.1. The molecule has 0 amide bonds. The van der Waals surface area contributed by atoms with Crippen molar-refractivity contribution in [3.8, 4) is 22.0 Å². The maximum Gasteiger partial charge on any atom is 0.368 e. The van der Waals surface area contributed by atoms with E-state index in [9.17, 15) is 4.79 Å². The molecule has 0 aliphatic heterocycles. The average molecular weight is 379 g/mol. The third-order valence-electron chi connectivity index (χ3n) is 4.23. The Kier molecular flexibility index (Phi) is 4.55. The standard InChI is InChI=1S/C19H17N5O2S/c1-13-5-3-8-17(24-19(25)23(2)21-22-24)16(13)12-26-15-7-4-6-14(11-15)18-20-9-10-27-18/h3-11H,12H2,1-2H3. The van der Waals surface area contributed by atoms with Gasteiger partial charge in [-0.2, -0.15) is 9.36 Å². The van der Waals surface area contributed by atoms with Crippen molar-refractivity contribution in [3.05, 3.63) is 75.7 Å². The summed E-state index contributed by atoms with van der Waals surface area (Å²) in [5.41, 5.74) is 3.29. The predicted octanol–water partition coefficient (Wildman–Crippen LogP) is 2.98. The topological polar surface area (TPSA) is 74.8 Å². The number of aromatic nitrogens is 5. The summed E-state index contributed by atoms with van der Waals surface area (Å²) in [5, 5.41) is 10.6. The number of hydrogen-bond acceptors (Lipinski definition) is 6. The highest BCUT2D eigenvalue weighted by molar-refractivity contribution is 7.13. The Morgan fingerprint density at radius 1 is 1.15 bits per heavy atom. The molecule has 8 heteroatoms. The van der Waals surface area contributed by atoms with Gasteiger partial charge < -0.3 is 4.74 Å². The van der Waals surface area contributed by atoms with E-state index >= 15 is 0 Å². The van der Waals surface area contributed by atoms with Gasteiger partial charge in [0, 0.05) is 29.8 Å². The van der Waals surface area contributed by atoms with Gasteiger partial charge in [-0.05, 0) is 41.1 Å². The maximum absolute atomic E-state index is 12.2. The lowest BCUT2D eigenvalue weighted by Gasteiger charge is -2.13. The van der Waals surface area contributed by atoms with E-state index in [2.05, 4.69) is 15.4 Å². The van der Waals surface area contributed by atoms with Crippen LogP contribution in [0.3, 0.4) is 0 Å². The van der Waals surface area contributed by atoms with Crippen LogP contribution < -0.4 is 10.4 Å². The number of rotatable bonds is 5. The minimum absolute atomic E-state index is 0.299. The van der Waals surface area contributed by atoms with E-state index in [1.54, 1.807) is 24.6 Å². The first-order valence-electron chi connectivity index (χ1n) is 8.34. The molecule has 0 radical (unpaired) electrons. The molecule has 0 fully saturated rings. The molecule has 0 unspecified atom stereocenters. The lowest BCUT2D eigenvalue weighted by molar-refractivity contribution is 0.305. The summed E-state index contributed by atoms with van der Waals surface area (Å²) in [7, 11) is 1.57. The molecule has 0 aliphatic rings. The zero-order valence-corrected chi connectivity index (χ0v) is 15.7. The molecule has 0 N–H and O–H groups in total. The van der Waals surface area contributed by atoms with Crippen molar-refractivity contribution >= 4 is 11.3 Å². The highest BCUT2D eigenvalue weighted by atomic mass is 32.1. The second kappa shape index (κ2) is 7.16. The van der Waals surface area contributed by atoms with Crippen molar-refractivity contribution < 1.29 is 4.74 Å². The average Bonchev–Trinajstić information content (AvgIpc) is 3.32. The Labute approximate surface area is 159 Å². The molecule has 2 aromatic heterocycles. The van der Waals surface area contributed by atoms with Gasteiger partial charge in [0.2, 0.25) is 0 Å². The van der Waals surface area contributed by atoms with Crippen molar-refractivity contribution in [2.75, 3.05) is 0 Å². The van der Waals surface area contributed by atoms with Gasteiger partial charge in [-0.15, -0.1) is 11.3 Å². The zero-order chi connectivity index (χ0) is 18.8. The fourth-order valence-corrected chi connectivity index (χ4v) is 3.41. The largest absolute Gasteiger partial charge is 0.489 e. The van der Waals surface area contributed by atoms with Crippen molar-refractivity contribution in [2.24, 2.45) is 7.05 Å². The first kappa shape index (κ1) is 17.2. The van der Waals surface area contributed by atoms with Crippen molar-refractivity contribution in [1.29, 1.82) is 0 Å². The molecule has 0 saturated heterocycles. The van der Waals surface area contributed by atoms with E-state index in [-0.39, 0.29) is 5.69 Å². The van der Waals surface area contributed by atoms with Gasteiger partial charge in [-0.1, -0.05) is 24.3 Å². The molecule has 0 bridgehead atoms. The number of hydrogen-bond donors (Lipinski definition) is 0. The van der Waals surface area contributed by atoms with E-state index in [0.29, 0.717) is 12.3 Å². The van der Waals surface area contributed by atoms with E-state index in [0.717, 1.165) is 27.4 Å². The van der Waals surface area contributed by atoms with E-state index in [4.69, 9.17) is 4.74 Å². The third kappa shape index (κ3) is 3.39. The van der Waals surface area contributed by atoms with Crippen molar-refractivity contribution in [2.45, 2.75) is 13.5 Å². The van der Waals surface area contributed by atoms with Crippen LogP contribution in [0.1, 0.15) is 11.1 Å². The monoisotopic (exact) mass is 379 g/mol. The molecule has 27 heavy (non-hydrogen) atoms. The van der Waals surface area contributed by atoms with E-state index in [1.807, 2.05) is 54.8 Å². The molecular formula is C19H17N5O2S. The molecule has 0 spiro atoms. The molecule has 0 saturated carbocycles. The van der Waals surface area contributed by atoms with Crippen LogP contribution in [-0.4, -0.2) is 24.8 Å². The van der Waals surface area contributed by atoms with Crippen LogP contribution >= 0.6 is 11.3 Å². The summed E-state index contributed by atoms with van der Waals surface area (Å²) in [4.78, 5) is 16.6. The molecule has 4 aromatic rings. The van der Waals surface area contributed by atoms with Crippen LogP contribution in [0.4, 0.5) is 0 Å². The molecule has 7 nitrogen and oxygen atoms in total. The molecule has 136 valence electrons. The number of thiazole rings is 1. The molecular weight excluding hydrogens is 362 g/mol. The zero-order valence-electron chi connectivity index (χ0n) is 14.9. The second-order valence-electron chi connectivity index (χ2n) is 6.02. The number of tetrazole rings is 1. The van der Waals surface area contributed by atoms with Gasteiger partial charge in [-0.3, -0.25) is 0 Å². The Bertz CT molecular complexity index is 1130. The van der Waals surface area contributed by atoms with Gasteiger partial charge in [-0.25, -0.2) is 9.78 Å². The SMILES string of the molecule is Cc1cccc(-n2nnn(C)c2=O)c1COc1cccc(-c2nccs2)c1. The highest BCUT2D eigenvalue weighted by Gasteiger charge is 2.13. The Balaban J connectivity index is 1.63. The Morgan fingerprint density at radius 2 is 2.00 bits per heavy atom. The quantitative estimate of drug-likeness (QED) is 0.533. The van der Waals surface area contributed by atoms with Crippen LogP contribution in [-0.2, 0) is 13.7 Å². The van der Waals surface area contributed by atoms with Crippen molar-refractivity contribution in [3.63, 3.8) is 0 Å². The van der Waals surface area contributed by atoms with Crippen molar-refractivity contribution in [1.82, 2.24) is 24.8 Å². The maximum atomic E-state index is 12.2. The molecule has 2 aromatic carbocycles. The smallest absolute Gasteiger partial charge is 0.368 e. The summed E-state index contributed by atoms with van der Waals surface area (Å²) < 4.78 is 8.52. The van der Waals surface area contributed by atoms with Crippen LogP contribution in [0, 0.1) is 6.92 Å². The third-order valence-corrected chi connectivity index (χ3v) is 5.05. The summed E-state index contributed by atoms with van der Waals surface area (Å²) in [6.45, 7) is 2.29. The van der Waals surface area contributed by atoms with Gasteiger partial charge in [0.05, 0.1) is 5.69 Å². The van der Waals surface area contributed by atoms with Gasteiger partial charge in [0.1, 0.15) is 17.4 Å². The minimum atomic E-state index is -0.299. The van der Waals surface area contributed by atoms with Crippen LogP contribution in [0.5, 0.6) is 5.75 Å². The Morgan fingerprint density at radius 3 is 2.74 bits per heavy atom. The van der Waals surface area contributed by atoms with Gasteiger partial charge in [0.25, 0.3) is 0 Å². The number of ether oxygens (including phenoxy) is 1. The van der Waals surface area contributed by atoms with Crippen LogP contribution in [0.2, 0.25) is 0 Å². The molecule has 0 aliphatic carbocycles. The number of benzene rings is 2. The predicted molar refractivity (Wildman–Crippen MR) is 103 cm³/mol. The van der Waals surface area contributed by atoms with Crippen LogP contribution in [0.15, 0.2) is 58.8 Å². The summed E-state index contributed by atoms with van der Waals surface area (Å²) >= 11 is 1.58. The summed E-state index contributed by atoms with van der Waals surface area (Å²) in [5.74, 6) is 0.739. The number of nitrogens with zero attached hydrogens (tertiary/aromatic N) is 5. The molecule has 2 heterocycles. The van der Waals surface area contributed by atoms with Gasteiger partial charge >= 0.3 is 5.69 Å². The highest BCUT2D eigenvalue weighted by Crippen LogP contribution is 2.26. The first-order valence-corrected chi connectivity index (χ1v) is 9.22. The number of aryl methyl sites for hydroxylation is 2. The first-order chi connectivity index (χ1) is 13.1. The van der Waals surface area contributed by atoms with Gasteiger partial charge in [0.15, 0.2) is 0 Å². The second-order valence-corrected chi connectivity index (χ2v) is 6.92. The minimum Gasteiger partial charge on any atom is -0.489 e.